The molecule has 0 N–H and O–H groups in total. The summed E-state index contributed by atoms with van der Waals surface area (Å²) in [4.78, 5) is 0. The van der Waals surface area contributed by atoms with Crippen LogP contribution in [-0.2, 0) is 20.0 Å². The predicted molar refractivity (Wildman–Crippen MR) is 46.7 cm³/mol. The highest BCUT2D eigenvalue weighted by atomic mass is 32.3. The van der Waals surface area contributed by atoms with Gasteiger partial charge in [0.1, 0.15) is 0 Å². The Morgan fingerprint density at radius 3 is 1.17 bits per heavy atom. The lowest BCUT2D eigenvalue weighted by Crippen LogP contribution is -2.40. The minimum absolute atomic E-state index is 0.486. The molecule has 0 aliphatic carbocycles. The van der Waals surface area contributed by atoms with E-state index in [2.05, 4.69) is 0 Å². The molecule has 0 spiro atoms. The normalized spacial score (nSPS) is 14.2. The Morgan fingerprint density at radius 1 is 0.917 bits per heavy atom. The SMILES string of the molecule is CC(C)N(S(C)(=O)=O)S(C)(=O)=O. The second kappa shape index (κ2) is 3.31. The van der Waals surface area contributed by atoms with Crippen LogP contribution in [0.25, 0.3) is 0 Å². The minimum Gasteiger partial charge on any atom is -0.212 e. The molecule has 0 aromatic heterocycles. The van der Waals surface area contributed by atoms with Crippen molar-refractivity contribution >= 4 is 20.0 Å². The molecular formula is C5H13NO4S2. The highest BCUT2D eigenvalue weighted by Crippen LogP contribution is 2.09. The van der Waals surface area contributed by atoms with Crippen molar-refractivity contribution in [1.82, 2.24) is 3.71 Å². The summed E-state index contributed by atoms with van der Waals surface area (Å²) in [5.41, 5.74) is 0. The van der Waals surface area contributed by atoms with Gasteiger partial charge in [0.15, 0.2) is 0 Å². The molecule has 0 aromatic carbocycles. The summed E-state index contributed by atoms with van der Waals surface area (Å²) in [6.45, 7) is 3.00. The number of sulfonamides is 2. The van der Waals surface area contributed by atoms with Gasteiger partial charge in [-0.3, -0.25) is 0 Å². The van der Waals surface area contributed by atoms with Crippen molar-refractivity contribution in [2.24, 2.45) is 0 Å². The number of nitrogens with zero attached hydrogens (tertiary/aromatic N) is 1. The zero-order chi connectivity index (χ0) is 10.2. The number of rotatable bonds is 3. The fourth-order valence-corrected chi connectivity index (χ4v) is 4.51. The van der Waals surface area contributed by atoms with Gasteiger partial charge in [-0.2, -0.15) is 0 Å². The summed E-state index contributed by atoms with van der Waals surface area (Å²) in [6.07, 6.45) is 1.74. The van der Waals surface area contributed by atoms with E-state index in [4.69, 9.17) is 0 Å². The molecule has 0 bridgehead atoms. The first kappa shape index (κ1) is 11.9. The first-order chi connectivity index (χ1) is 5.07. The molecule has 74 valence electrons. The van der Waals surface area contributed by atoms with Crippen molar-refractivity contribution in [3.63, 3.8) is 0 Å². The first-order valence-electron chi connectivity index (χ1n) is 3.26. The maximum Gasteiger partial charge on any atom is 0.224 e. The van der Waals surface area contributed by atoms with E-state index in [1.807, 2.05) is 0 Å². The van der Waals surface area contributed by atoms with Crippen molar-refractivity contribution < 1.29 is 16.8 Å². The van der Waals surface area contributed by atoms with Gasteiger partial charge in [-0.1, -0.05) is 3.71 Å². The van der Waals surface area contributed by atoms with Gasteiger partial charge < -0.3 is 0 Å². The molecule has 0 fully saturated rings. The Balaban J connectivity index is 5.26. The molecule has 0 heterocycles. The molecule has 0 saturated heterocycles. The van der Waals surface area contributed by atoms with Crippen LogP contribution in [0.4, 0.5) is 0 Å². The maximum atomic E-state index is 11.0. The Morgan fingerprint density at radius 2 is 1.17 bits per heavy atom. The summed E-state index contributed by atoms with van der Waals surface area (Å²) in [5, 5.41) is 0. The average Bonchev–Trinajstić information content (AvgIpc) is 1.49. The van der Waals surface area contributed by atoms with Crippen LogP contribution < -0.4 is 0 Å². The fourth-order valence-electron chi connectivity index (χ4n) is 1.01. The van der Waals surface area contributed by atoms with E-state index in [0.29, 0.717) is 3.71 Å². The average molecular weight is 215 g/mol. The minimum atomic E-state index is -3.68. The maximum absolute atomic E-state index is 11.0. The van der Waals surface area contributed by atoms with Crippen LogP contribution in [0.15, 0.2) is 0 Å². The molecule has 0 unspecified atom stereocenters. The molecule has 7 heteroatoms. The van der Waals surface area contributed by atoms with Crippen molar-refractivity contribution in [2.45, 2.75) is 19.9 Å². The molecule has 0 rings (SSSR count). The third kappa shape index (κ3) is 3.08. The molecule has 0 amide bonds. The van der Waals surface area contributed by atoms with Crippen molar-refractivity contribution in [3.8, 4) is 0 Å². The molecule has 0 saturated carbocycles. The van der Waals surface area contributed by atoms with Crippen molar-refractivity contribution in [1.29, 1.82) is 0 Å². The van der Waals surface area contributed by atoms with Crippen LogP contribution >= 0.6 is 0 Å². The van der Waals surface area contributed by atoms with Gasteiger partial charge in [-0.15, -0.1) is 0 Å². The molecule has 5 nitrogen and oxygen atoms in total. The lowest BCUT2D eigenvalue weighted by atomic mass is 10.4. The molecule has 0 aliphatic rings. The smallest absolute Gasteiger partial charge is 0.212 e. The molecule has 12 heavy (non-hydrogen) atoms. The zero-order valence-electron chi connectivity index (χ0n) is 7.47. The second-order valence-electron chi connectivity index (χ2n) is 2.85. The third-order valence-electron chi connectivity index (χ3n) is 1.08. The van der Waals surface area contributed by atoms with Crippen LogP contribution in [0.2, 0.25) is 0 Å². The molecular weight excluding hydrogens is 202 g/mol. The van der Waals surface area contributed by atoms with Gasteiger partial charge in [0, 0.05) is 6.04 Å². The van der Waals surface area contributed by atoms with Crippen LogP contribution in [0, 0.1) is 0 Å². The second-order valence-corrected chi connectivity index (χ2v) is 6.80. The van der Waals surface area contributed by atoms with Crippen LogP contribution in [0.3, 0.4) is 0 Å². The monoisotopic (exact) mass is 215 g/mol. The Bertz CT molecular complexity index is 308. The van der Waals surface area contributed by atoms with Crippen LogP contribution in [0.5, 0.6) is 0 Å². The van der Waals surface area contributed by atoms with E-state index in [9.17, 15) is 16.8 Å². The largest absolute Gasteiger partial charge is 0.224 e. The van der Waals surface area contributed by atoms with Gasteiger partial charge in [0.25, 0.3) is 0 Å². The lowest BCUT2D eigenvalue weighted by molar-refractivity contribution is 0.464. The molecule has 0 aliphatic heterocycles. The number of hydrogen-bond donors (Lipinski definition) is 0. The standard InChI is InChI=1S/C5H13NO4S2/c1-5(2)6(11(3,7)8)12(4,9)10/h5H,1-4H3. The summed E-state index contributed by atoms with van der Waals surface area (Å²) < 4.78 is 44.4. The Hall–Kier alpha value is -0.140. The highest BCUT2D eigenvalue weighted by molar-refractivity contribution is 8.03. The van der Waals surface area contributed by atoms with Crippen LogP contribution in [-0.4, -0.2) is 39.1 Å². The molecule has 0 radical (unpaired) electrons. The Labute approximate surface area is 73.5 Å². The lowest BCUT2D eigenvalue weighted by Gasteiger charge is -2.20. The van der Waals surface area contributed by atoms with E-state index in [1.165, 1.54) is 13.8 Å². The number of hydrogen-bond acceptors (Lipinski definition) is 4. The van der Waals surface area contributed by atoms with Crippen molar-refractivity contribution in [3.05, 3.63) is 0 Å². The van der Waals surface area contributed by atoms with Crippen molar-refractivity contribution in [2.75, 3.05) is 12.5 Å². The van der Waals surface area contributed by atoms with Crippen LogP contribution in [0.1, 0.15) is 13.8 Å². The van der Waals surface area contributed by atoms with E-state index in [1.54, 1.807) is 0 Å². The highest BCUT2D eigenvalue weighted by Gasteiger charge is 2.29. The van der Waals surface area contributed by atoms with Gasteiger partial charge in [-0.25, -0.2) is 16.8 Å². The summed E-state index contributed by atoms with van der Waals surface area (Å²) in [6, 6.07) is -0.574. The van der Waals surface area contributed by atoms with Gasteiger partial charge in [-0.05, 0) is 13.8 Å². The zero-order valence-corrected chi connectivity index (χ0v) is 9.11. The molecule has 0 aromatic rings. The van der Waals surface area contributed by atoms with E-state index in [0.717, 1.165) is 12.5 Å². The quantitative estimate of drug-likeness (QED) is 0.643. The van der Waals surface area contributed by atoms with Gasteiger partial charge in [0.2, 0.25) is 20.0 Å². The van der Waals surface area contributed by atoms with Gasteiger partial charge >= 0.3 is 0 Å². The van der Waals surface area contributed by atoms with E-state index in [-0.39, 0.29) is 0 Å². The van der Waals surface area contributed by atoms with E-state index < -0.39 is 26.1 Å². The first-order valence-corrected chi connectivity index (χ1v) is 6.96. The fraction of sp³-hybridized carbons (Fsp3) is 1.00. The predicted octanol–water partition coefficient (Wildman–Crippen LogP) is -0.384. The topological polar surface area (TPSA) is 71.5 Å². The van der Waals surface area contributed by atoms with Gasteiger partial charge in [0.05, 0.1) is 12.5 Å². The summed E-state index contributed by atoms with van der Waals surface area (Å²) in [7, 11) is -7.35. The molecule has 0 atom stereocenters. The third-order valence-corrected chi connectivity index (χ3v) is 4.85. The Kier molecular flexibility index (Phi) is 3.27. The summed E-state index contributed by atoms with van der Waals surface area (Å²) in [5.74, 6) is 0. The summed E-state index contributed by atoms with van der Waals surface area (Å²) >= 11 is 0. The van der Waals surface area contributed by atoms with E-state index >= 15 is 0 Å².